The lowest BCUT2D eigenvalue weighted by atomic mass is 9.91. The minimum atomic E-state index is -0.528. The maximum atomic E-state index is 11.9. The maximum absolute atomic E-state index is 11.9. The molecule has 3 aliphatic carbocycles. The van der Waals surface area contributed by atoms with E-state index in [2.05, 4.69) is 64.5 Å². The highest BCUT2D eigenvalue weighted by Gasteiger charge is 2.37. The summed E-state index contributed by atoms with van der Waals surface area (Å²) in [6.45, 7) is 10.9. The minimum absolute atomic E-state index is 0.0647. The van der Waals surface area contributed by atoms with Crippen LogP contribution in [0.15, 0.2) is 59.4 Å². The van der Waals surface area contributed by atoms with Gasteiger partial charge in [0.1, 0.15) is 5.60 Å². The van der Waals surface area contributed by atoms with E-state index in [0.717, 1.165) is 50.9 Å². The quantitative estimate of drug-likeness (QED) is 0.171. The monoisotopic (exact) mass is 593 g/mol. The molecule has 0 aliphatic heterocycles. The number of amides is 1. The molecule has 0 aromatic rings. The summed E-state index contributed by atoms with van der Waals surface area (Å²) in [6, 6.07) is 0.220. The normalized spacial score (nSPS) is 32.6. The fourth-order valence-corrected chi connectivity index (χ4v) is 6.12. The zero-order valence-corrected chi connectivity index (χ0v) is 23.8. The van der Waals surface area contributed by atoms with Crippen molar-refractivity contribution in [3.63, 3.8) is 0 Å². The van der Waals surface area contributed by atoms with Crippen LogP contribution < -0.4 is 16.0 Å². The first-order chi connectivity index (χ1) is 16.4. The van der Waals surface area contributed by atoms with Gasteiger partial charge in [-0.25, -0.2) is 0 Å². The van der Waals surface area contributed by atoms with Crippen LogP contribution in [-0.4, -0.2) is 45.6 Å². The summed E-state index contributed by atoms with van der Waals surface area (Å²) in [5.41, 5.74) is 2.72. The number of allylic oxidation sites excluding steroid dienone is 5. The van der Waals surface area contributed by atoms with Crippen molar-refractivity contribution in [2.24, 2.45) is 0 Å². The van der Waals surface area contributed by atoms with Crippen molar-refractivity contribution in [1.82, 2.24) is 16.0 Å². The Balaban J connectivity index is 1.66. The van der Waals surface area contributed by atoms with Gasteiger partial charge in [-0.2, -0.15) is 0 Å². The average molecular weight is 594 g/mol. The number of carbonyl (C=O) groups is 2. The van der Waals surface area contributed by atoms with Gasteiger partial charge < -0.3 is 20.7 Å². The highest BCUT2D eigenvalue weighted by molar-refractivity contribution is 14.1. The van der Waals surface area contributed by atoms with E-state index >= 15 is 0 Å². The third-order valence-electron chi connectivity index (χ3n) is 6.64. The number of carbonyl (C=O) groups excluding carboxylic acids is 2. The number of hydrogen-bond donors (Lipinski definition) is 3. The van der Waals surface area contributed by atoms with Crippen molar-refractivity contribution in [1.29, 1.82) is 0 Å². The number of halogens is 1. The molecule has 0 radical (unpaired) electrons. The molecule has 35 heavy (non-hydrogen) atoms. The summed E-state index contributed by atoms with van der Waals surface area (Å²) in [5, 5.41) is 10.2. The number of esters is 1. The van der Waals surface area contributed by atoms with Gasteiger partial charge in [0.25, 0.3) is 0 Å². The van der Waals surface area contributed by atoms with Gasteiger partial charge in [-0.3, -0.25) is 9.59 Å². The van der Waals surface area contributed by atoms with Gasteiger partial charge in [0, 0.05) is 54.9 Å². The molecule has 3 N–H and O–H groups in total. The van der Waals surface area contributed by atoms with Gasteiger partial charge in [-0.1, -0.05) is 58.5 Å². The molecule has 0 saturated heterocycles. The number of alkyl halides is 1. The van der Waals surface area contributed by atoms with E-state index in [4.69, 9.17) is 4.74 Å². The van der Waals surface area contributed by atoms with E-state index < -0.39 is 11.1 Å². The molecule has 7 heteroatoms. The molecule has 192 valence electrons. The van der Waals surface area contributed by atoms with Crippen LogP contribution in [0.5, 0.6) is 0 Å². The van der Waals surface area contributed by atoms with Crippen LogP contribution in [0.4, 0.5) is 0 Å². The van der Waals surface area contributed by atoms with Gasteiger partial charge in [0.2, 0.25) is 5.91 Å². The lowest BCUT2D eigenvalue weighted by Crippen LogP contribution is -2.43. The van der Waals surface area contributed by atoms with Crippen molar-refractivity contribution >= 4 is 34.5 Å². The summed E-state index contributed by atoms with van der Waals surface area (Å²) in [7, 11) is 0. The van der Waals surface area contributed by atoms with Crippen LogP contribution in [-0.2, 0) is 14.3 Å². The third-order valence-corrected chi connectivity index (χ3v) is 7.46. The van der Waals surface area contributed by atoms with Crippen LogP contribution in [0.3, 0.4) is 0 Å². The van der Waals surface area contributed by atoms with Gasteiger partial charge in [-0.05, 0) is 57.8 Å². The van der Waals surface area contributed by atoms with Crippen molar-refractivity contribution in [3.05, 3.63) is 59.4 Å². The minimum Gasteiger partial charge on any atom is -0.459 e. The second-order valence-electron chi connectivity index (χ2n) is 10.8. The third kappa shape index (κ3) is 8.63. The Morgan fingerprint density at radius 1 is 1.11 bits per heavy atom. The molecule has 0 spiro atoms. The van der Waals surface area contributed by atoms with Crippen molar-refractivity contribution in [3.8, 4) is 0 Å². The van der Waals surface area contributed by atoms with Gasteiger partial charge in [0.15, 0.2) is 0 Å². The second-order valence-corrected chi connectivity index (χ2v) is 13.4. The predicted octanol–water partition coefficient (Wildman–Crippen LogP) is 4.78. The lowest BCUT2D eigenvalue weighted by Gasteiger charge is -2.31. The first-order valence-corrected chi connectivity index (χ1v) is 13.6. The number of ether oxygens (including phenoxy) is 1. The van der Waals surface area contributed by atoms with E-state index in [-0.39, 0.29) is 21.3 Å². The zero-order chi connectivity index (χ0) is 25.7. The molecule has 1 amide bonds. The molecule has 3 rings (SSSR count). The average Bonchev–Trinajstić information content (AvgIpc) is 3.02. The van der Waals surface area contributed by atoms with Crippen molar-refractivity contribution < 1.29 is 14.3 Å². The zero-order valence-electron chi connectivity index (χ0n) is 21.7. The summed E-state index contributed by atoms with van der Waals surface area (Å²) in [6.07, 6.45) is 19.1. The standard InChI is InChI=1S/C28H40IN3O3/c1-20(33)32-27(4)12-7-6-10-24(18-27)30-13-14-31-25-15-23-16-26(3,29)11-8-9-22(23)17-28(5,19-25)35-21(2)34/h6-10,12,18,25,30-31H,11,13-17,19H2,1-5H3,(H,32,33). The Labute approximate surface area is 223 Å². The summed E-state index contributed by atoms with van der Waals surface area (Å²) >= 11 is 2.58. The fraction of sp³-hybridized carbons (Fsp3) is 0.571. The van der Waals surface area contributed by atoms with Crippen LogP contribution >= 0.6 is 22.6 Å². The predicted molar refractivity (Wildman–Crippen MR) is 150 cm³/mol. The van der Waals surface area contributed by atoms with Crippen LogP contribution in [0.25, 0.3) is 0 Å². The highest BCUT2D eigenvalue weighted by atomic mass is 127. The lowest BCUT2D eigenvalue weighted by molar-refractivity contribution is -0.156. The van der Waals surface area contributed by atoms with Crippen LogP contribution in [0.2, 0.25) is 0 Å². The summed E-state index contributed by atoms with van der Waals surface area (Å²) in [5.74, 6) is -0.290. The topological polar surface area (TPSA) is 79.5 Å². The largest absolute Gasteiger partial charge is 0.459 e. The molecule has 4 unspecified atom stereocenters. The Hall–Kier alpha value is -1.87. The molecule has 0 fully saturated rings. The van der Waals surface area contributed by atoms with E-state index in [9.17, 15) is 9.59 Å². The van der Waals surface area contributed by atoms with E-state index in [1.54, 1.807) is 0 Å². The molecule has 0 saturated carbocycles. The smallest absolute Gasteiger partial charge is 0.303 e. The van der Waals surface area contributed by atoms with E-state index in [1.807, 2.05) is 37.3 Å². The first-order valence-electron chi connectivity index (χ1n) is 12.5. The van der Waals surface area contributed by atoms with Crippen LogP contribution in [0, 0.1) is 0 Å². The summed E-state index contributed by atoms with van der Waals surface area (Å²) < 4.78 is 6.08. The van der Waals surface area contributed by atoms with Gasteiger partial charge in [-0.15, -0.1) is 0 Å². The molecule has 4 atom stereocenters. The van der Waals surface area contributed by atoms with Crippen molar-refractivity contribution in [2.75, 3.05) is 13.1 Å². The molecule has 3 aliphatic rings. The summed E-state index contributed by atoms with van der Waals surface area (Å²) in [4.78, 5) is 23.5. The van der Waals surface area contributed by atoms with Crippen molar-refractivity contribution in [2.45, 2.75) is 87.3 Å². The number of rotatable bonds is 7. The SMILES string of the molecule is CC(=O)NC1(C)C=CC=CC(NCCNC2CC3=C(C=CCC(C)(I)C3)CC(C)(OC(C)=O)C2)=C1. The van der Waals surface area contributed by atoms with Crippen LogP contribution in [0.1, 0.15) is 66.7 Å². The molecule has 0 aromatic carbocycles. The fourth-order valence-electron chi connectivity index (χ4n) is 5.40. The molecule has 0 aromatic heterocycles. The Morgan fingerprint density at radius 3 is 2.60 bits per heavy atom. The maximum Gasteiger partial charge on any atom is 0.303 e. The molecule has 6 nitrogen and oxygen atoms in total. The van der Waals surface area contributed by atoms with Gasteiger partial charge >= 0.3 is 5.97 Å². The van der Waals surface area contributed by atoms with E-state index in [1.165, 1.54) is 25.0 Å². The Kier molecular flexibility index (Phi) is 9.07. The second kappa shape index (κ2) is 11.5. The number of nitrogens with one attached hydrogen (secondary N) is 3. The molecule has 0 heterocycles. The molecule has 0 bridgehead atoms. The van der Waals surface area contributed by atoms with E-state index in [0.29, 0.717) is 0 Å². The first kappa shape index (κ1) is 27.7. The van der Waals surface area contributed by atoms with Gasteiger partial charge in [0.05, 0.1) is 5.54 Å². The molecular weight excluding hydrogens is 553 g/mol. The Bertz CT molecular complexity index is 978. The highest BCUT2D eigenvalue weighted by Crippen LogP contribution is 2.42. The Morgan fingerprint density at radius 2 is 1.89 bits per heavy atom. The molecular formula is C28H40IN3O3. The number of hydrogen-bond acceptors (Lipinski definition) is 5.